The van der Waals surface area contributed by atoms with Crippen LogP contribution in [0.2, 0.25) is 0 Å². The number of fused-ring (bicyclic) bond motifs is 1. The van der Waals surface area contributed by atoms with Crippen molar-refractivity contribution in [3.05, 3.63) is 35.5 Å². The fourth-order valence-electron chi connectivity index (χ4n) is 2.49. The zero-order chi connectivity index (χ0) is 12.4. The van der Waals surface area contributed by atoms with Crippen LogP contribution in [0.25, 0.3) is 16.5 Å². The minimum absolute atomic E-state index is 0.811. The summed E-state index contributed by atoms with van der Waals surface area (Å²) in [6, 6.07) is 8.35. The lowest BCUT2D eigenvalue weighted by Crippen LogP contribution is -2.23. The number of aromatic nitrogens is 2. The molecule has 1 aliphatic rings. The summed E-state index contributed by atoms with van der Waals surface area (Å²) in [4.78, 5) is 0. The third-order valence-corrected chi connectivity index (χ3v) is 3.42. The lowest BCUT2D eigenvalue weighted by molar-refractivity contribution is 0.612. The SMILES string of the molecule is N#CC(=C1CCNCC1)c1cccc2cn[nH]c12. The molecule has 1 aliphatic heterocycles. The van der Waals surface area contributed by atoms with Gasteiger partial charge in [0.05, 0.1) is 23.4 Å². The average Bonchev–Trinajstić information content (AvgIpc) is 2.90. The van der Waals surface area contributed by atoms with Crippen molar-refractivity contribution in [2.75, 3.05) is 13.1 Å². The molecule has 1 saturated heterocycles. The molecule has 0 amide bonds. The molecular weight excluding hydrogens is 224 g/mol. The van der Waals surface area contributed by atoms with E-state index in [4.69, 9.17) is 0 Å². The van der Waals surface area contributed by atoms with Crippen LogP contribution in [0.4, 0.5) is 0 Å². The number of rotatable bonds is 1. The first-order chi connectivity index (χ1) is 8.90. The number of benzene rings is 1. The maximum Gasteiger partial charge on any atom is 0.0998 e. The van der Waals surface area contributed by atoms with Crippen molar-refractivity contribution >= 4 is 16.5 Å². The molecule has 3 rings (SSSR count). The van der Waals surface area contributed by atoms with Gasteiger partial charge in [0.15, 0.2) is 0 Å². The van der Waals surface area contributed by atoms with Crippen LogP contribution in [-0.2, 0) is 0 Å². The first-order valence-corrected chi connectivity index (χ1v) is 6.15. The van der Waals surface area contributed by atoms with E-state index in [0.29, 0.717) is 0 Å². The Morgan fingerprint density at radius 3 is 2.89 bits per heavy atom. The van der Waals surface area contributed by atoms with Crippen LogP contribution in [0.1, 0.15) is 18.4 Å². The number of para-hydroxylation sites is 1. The molecule has 0 atom stereocenters. The van der Waals surface area contributed by atoms with Crippen molar-refractivity contribution in [1.82, 2.24) is 15.5 Å². The van der Waals surface area contributed by atoms with E-state index in [1.54, 1.807) is 6.20 Å². The molecule has 2 aromatic rings. The Morgan fingerprint density at radius 2 is 2.11 bits per heavy atom. The van der Waals surface area contributed by atoms with Crippen LogP contribution in [0.5, 0.6) is 0 Å². The highest BCUT2D eigenvalue weighted by molar-refractivity contribution is 5.95. The zero-order valence-electron chi connectivity index (χ0n) is 10.0. The molecule has 0 aliphatic carbocycles. The van der Waals surface area contributed by atoms with Crippen LogP contribution >= 0.6 is 0 Å². The van der Waals surface area contributed by atoms with E-state index in [9.17, 15) is 5.26 Å². The molecule has 1 fully saturated rings. The van der Waals surface area contributed by atoms with Gasteiger partial charge in [0.25, 0.3) is 0 Å². The van der Waals surface area contributed by atoms with E-state index in [2.05, 4.69) is 21.6 Å². The van der Waals surface area contributed by atoms with E-state index < -0.39 is 0 Å². The molecular formula is C14H14N4. The Bertz CT molecular complexity index is 637. The predicted octanol–water partition coefficient (Wildman–Crippen LogP) is 2.22. The zero-order valence-corrected chi connectivity index (χ0v) is 10.0. The number of hydrogen-bond donors (Lipinski definition) is 2. The molecule has 0 spiro atoms. The van der Waals surface area contributed by atoms with Crippen LogP contribution < -0.4 is 5.32 Å². The van der Waals surface area contributed by atoms with Crippen LogP contribution in [0, 0.1) is 11.3 Å². The van der Waals surface area contributed by atoms with Gasteiger partial charge in [-0.2, -0.15) is 10.4 Å². The third kappa shape index (κ3) is 1.79. The number of aromatic amines is 1. The fourth-order valence-corrected chi connectivity index (χ4v) is 2.49. The normalized spacial score (nSPS) is 15.6. The molecule has 4 heteroatoms. The third-order valence-electron chi connectivity index (χ3n) is 3.42. The van der Waals surface area contributed by atoms with Crippen LogP contribution in [0.15, 0.2) is 30.0 Å². The highest BCUT2D eigenvalue weighted by Crippen LogP contribution is 2.28. The second kappa shape index (κ2) is 4.63. The summed E-state index contributed by atoms with van der Waals surface area (Å²) in [5.41, 5.74) is 3.99. The van der Waals surface area contributed by atoms with E-state index in [-0.39, 0.29) is 0 Å². The number of hydrogen-bond acceptors (Lipinski definition) is 3. The molecule has 1 aromatic heterocycles. The van der Waals surface area contributed by atoms with Crippen LogP contribution in [0.3, 0.4) is 0 Å². The summed E-state index contributed by atoms with van der Waals surface area (Å²) < 4.78 is 0. The second-order valence-electron chi connectivity index (χ2n) is 4.48. The molecule has 1 aromatic carbocycles. The minimum atomic E-state index is 0.811. The van der Waals surface area contributed by atoms with Crippen molar-refractivity contribution < 1.29 is 0 Å². The number of nitrogens with one attached hydrogen (secondary N) is 2. The monoisotopic (exact) mass is 238 g/mol. The van der Waals surface area contributed by atoms with Gasteiger partial charge in [-0.05, 0) is 31.5 Å². The van der Waals surface area contributed by atoms with Gasteiger partial charge in [0.2, 0.25) is 0 Å². The summed E-state index contributed by atoms with van der Waals surface area (Å²) in [7, 11) is 0. The van der Waals surface area contributed by atoms with Gasteiger partial charge >= 0.3 is 0 Å². The van der Waals surface area contributed by atoms with E-state index >= 15 is 0 Å². The van der Waals surface area contributed by atoms with Crippen LogP contribution in [-0.4, -0.2) is 23.3 Å². The molecule has 90 valence electrons. The number of H-pyrrole nitrogens is 1. The molecule has 2 N–H and O–H groups in total. The van der Waals surface area contributed by atoms with Crippen molar-refractivity contribution in [3.63, 3.8) is 0 Å². The van der Waals surface area contributed by atoms with Crippen molar-refractivity contribution in [2.45, 2.75) is 12.8 Å². The minimum Gasteiger partial charge on any atom is -0.316 e. The first-order valence-electron chi connectivity index (χ1n) is 6.15. The summed E-state index contributed by atoms with van der Waals surface area (Å²) >= 11 is 0. The largest absolute Gasteiger partial charge is 0.316 e. The Balaban J connectivity index is 2.17. The first kappa shape index (κ1) is 11.0. The lowest BCUT2D eigenvalue weighted by Gasteiger charge is -2.17. The van der Waals surface area contributed by atoms with Gasteiger partial charge in [-0.1, -0.05) is 18.2 Å². The molecule has 0 saturated carbocycles. The number of nitriles is 1. The average molecular weight is 238 g/mol. The molecule has 0 unspecified atom stereocenters. The molecule has 0 radical (unpaired) electrons. The summed E-state index contributed by atoms with van der Waals surface area (Å²) in [6.45, 7) is 1.92. The maximum absolute atomic E-state index is 9.47. The Morgan fingerprint density at radius 1 is 1.28 bits per heavy atom. The quantitative estimate of drug-likeness (QED) is 0.749. The van der Waals surface area contributed by atoms with E-state index in [1.807, 2.05) is 18.2 Å². The highest BCUT2D eigenvalue weighted by atomic mass is 15.1. The molecule has 4 nitrogen and oxygen atoms in total. The van der Waals surface area contributed by atoms with Gasteiger partial charge < -0.3 is 5.32 Å². The summed E-state index contributed by atoms with van der Waals surface area (Å²) in [5.74, 6) is 0. The van der Waals surface area contributed by atoms with Crippen molar-refractivity contribution in [1.29, 1.82) is 5.26 Å². The molecule has 0 bridgehead atoms. The van der Waals surface area contributed by atoms with Gasteiger partial charge in [-0.3, -0.25) is 5.10 Å². The number of piperidine rings is 1. The number of nitrogens with zero attached hydrogens (tertiary/aromatic N) is 2. The van der Waals surface area contributed by atoms with E-state index in [1.165, 1.54) is 5.57 Å². The standard InChI is InChI=1S/C14H14N4/c15-8-13(10-4-6-16-7-5-10)12-3-1-2-11-9-17-18-14(11)12/h1-3,9,16H,4-7H2,(H,17,18). The molecule has 18 heavy (non-hydrogen) atoms. The van der Waals surface area contributed by atoms with Gasteiger partial charge in [0.1, 0.15) is 0 Å². The summed E-state index contributed by atoms with van der Waals surface area (Å²) in [6.07, 6.45) is 3.70. The predicted molar refractivity (Wildman–Crippen MR) is 70.7 cm³/mol. The fraction of sp³-hybridized carbons (Fsp3) is 0.286. The lowest BCUT2D eigenvalue weighted by atomic mass is 9.93. The van der Waals surface area contributed by atoms with Gasteiger partial charge in [-0.15, -0.1) is 0 Å². The smallest absolute Gasteiger partial charge is 0.0998 e. The van der Waals surface area contributed by atoms with Crippen molar-refractivity contribution in [3.8, 4) is 6.07 Å². The van der Waals surface area contributed by atoms with Gasteiger partial charge in [0, 0.05) is 10.9 Å². The number of allylic oxidation sites excluding steroid dienone is 1. The Hall–Kier alpha value is -2.12. The topological polar surface area (TPSA) is 64.5 Å². The summed E-state index contributed by atoms with van der Waals surface area (Å²) in [5, 5.41) is 20.9. The Kier molecular flexibility index (Phi) is 2.83. The van der Waals surface area contributed by atoms with E-state index in [0.717, 1.165) is 48.0 Å². The van der Waals surface area contributed by atoms with Gasteiger partial charge in [-0.25, -0.2) is 0 Å². The second-order valence-corrected chi connectivity index (χ2v) is 4.48. The Labute approximate surface area is 105 Å². The maximum atomic E-state index is 9.47. The highest BCUT2D eigenvalue weighted by Gasteiger charge is 2.15. The van der Waals surface area contributed by atoms with Crippen molar-refractivity contribution in [2.24, 2.45) is 0 Å². The molecule has 2 heterocycles.